The summed E-state index contributed by atoms with van der Waals surface area (Å²) in [6.07, 6.45) is 0.124. The van der Waals surface area contributed by atoms with Gasteiger partial charge in [0.15, 0.2) is 0 Å². The van der Waals surface area contributed by atoms with Crippen LogP contribution in [-0.4, -0.2) is 54.6 Å². The zero-order chi connectivity index (χ0) is 18.6. The average molecular weight is 346 g/mol. The molecule has 1 fully saturated rings. The molecule has 0 spiro atoms. The number of carbonyl (C=O) groups is 2. The van der Waals surface area contributed by atoms with Gasteiger partial charge in [-0.15, -0.1) is 0 Å². The van der Waals surface area contributed by atoms with Gasteiger partial charge in [-0.05, 0) is 36.0 Å². The monoisotopic (exact) mass is 346 g/mol. The second-order valence-electron chi connectivity index (χ2n) is 7.63. The van der Waals surface area contributed by atoms with Crippen molar-refractivity contribution < 1.29 is 14.3 Å². The molecule has 1 aliphatic heterocycles. The predicted molar refractivity (Wildman–Crippen MR) is 98.8 cm³/mol. The summed E-state index contributed by atoms with van der Waals surface area (Å²) >= 11 is 0. The molecule has 0 bridgehead atoms. The molecule has 5 heteroatoms. The lowest BCUT2D eigenvalue weighted by Gasteiger charge is -2.34. The van der Waals surface area contributed by atoms with Crippen LogP contribution in [0.2, 0.25) is 0 Å². The molecule has 0 saturated carbocycles. The molecule has 1 heterocycles. The second-order valence-corrected chi connectivity index (χ2v) is 7.63. The van der Waals surface area contributed by atoms with Crippen molar-refractivity contribution in [3.8, 4) is 0 Å². The quantitative estimate of drug-likeness (QED) is 0.845. The molecular formula is C20H30N2O3. The van der Waals surface area contributed by atoms with Crippen LogP contribution in [0.15, 0.2) is 18.2 Å². The molecule has 1 aromatic rings. The van der Waals surface area contributed by atoms with Gasteiger partial charge in [0.25, 0.3) is 0 Å². The summed E-state index contributed by atoms with van der Waals surface area (Å²) in [5.74, 6) is 0.120. The number of carbonyl (C=O) groups excluding carboxylic acids is 2. The molecule has 138 valence electrons. The van der Waals surface area contributed by atoms with Crippen LogP contribution in [0.25, 0.3) is 0 Å². The van der Waals surface area contributed by atoms with Gasteiger partial charge in [0, 0.05) is 26.2 Å². The van der Waals surface area contributed by atoms with Gasteiger partial charge >= 0.3 is 6.09 Å². The summed E-state index contributed by atoms with van der Waals surface area (Å²) in [5, 5.41) is 0. The third-order valence-electron chi connectivity index (χ3n) is 4.71. The molecule has 0 atom stereocenters. The molecule has 5 nitrogen and oxygen atoms in total. The molecule has 0 radical (unpaired) electrons. The molecule has 25 heavy (non-hydrogen) atoms. The van der Waals surface area contributed by atoms with E-state index >= 15 is 0 Å². The highest BCUT2D eigenvalue weighted by Crippen LogP contribution is 2.24. The maximum atomic E-state index is 12.6. The van der Waals surface area contributed by atoms with Crippen LogP contribution in [0.5, 0.6) is 0 Å². The van der Waals surface area contributed by atoms with E-state index < -0.39 is 0 Å². The molecule has 2 rings (SSSR count). The van der Waals surface area contributed by atoms with E-state index in [1.807, 2.05) is 4.90 Å². The van der Waals surface area contributed by atoms with E-state index in [1.165, 1.54) is 5.56 Å². The van der Waals surface area contributed by atoms with E-state index in [0.29, 0.717) is 39.2 Å². The SMILES string of the molecule is CCOC(=O)N1CCN(C(=O)Cc2ccc(C(C)(C)C)cc2C)CC1. The Labute approximate surface area is 150 Å². The van der Waals surface area contributed by atoms with Crippen LogP contribution < -0.4 is 0 Å². The van der Waals surface area contributed by atoms with Gasteiger partial charge in [-0.3, -0.25) is 4.79 Å². The van der Waals surface area contributed by atoms with Crippen molar-refractivity contribution in [2.75, 3.05) is 32.8 Å². The number of benzene rings is 1. The Morgan fingerprint density at radius 2 is 1.68 bits per heavy atom. The molecule has 1 saturated heterocycles. The Bertz CT molecular complexity index is 626. The largest absolute Gasteiger partial charge is 0.450 e. The van der Waals surface area contributed by atoms with Gasteiger partial charge in [-0.25, -0.2) is 4.79 Å². The lowest BCUT2D eigenvalue weighted by Crippen LogP contribution is -2.51. The molecule has 0 unspecified atom stereocenters. The van der Waals surface area contributed by atoms with Crippen LogP contribution in [0.3, 0.4) is 0 Å². The standard InChI is InChI=1S/C20H30N2O3/c1-6-25-19(24)22-11-9-21(10-12-22)18(23)14-16-7-8-17(13-15(16)2)20(3,4)5/h7-8,13H,6,9-12,14H2,1-5H3. The maximum absolute atomic E-state index is 12.6. The van der Waals surface area contributed by atoms with Gasteiger partial charge in [-0.1, -0.05) is 39.0 Å². The number of ether oxygens (including phenoxy) is 1. The summed E-state index contributed by atoms with van der Waals surface area (Å²) in [6, 6.07) is 6.37. The minimum absolute atomic E-state index is 0.108. The van der Waals surface area contributed by atoms with E-state index in [1.54, 1.807) is 11.8 Å². The number of hydrogen-bond donors (Lipinski definition) is 0. The average Bonchev–Trinajstić information content (AvgIpc) is 2.56. The fraction of sp³-hybridized carbons (Fsp3) is 0.600. The van der Waals surface area contributed by atoms with Crippen molar-refractivity contribution in [1.29, 1.82) is 0 Å². The lowest BCUT2D eigenvalue weighted by molar-refractivity contribution is -0.132. The highest BCUT2D eigenvalue weighted by molar-refractivity contribution is 5.79. The van der Waals surface area contributed by atoms with Crippen molar-refractivity contribution in [1.82, 2.24) is 9.80 Å². The van der Waals surface area contributed by atoms with Gasteiger partial charge in [0.05, 0.1) is 13.0 Å². The molecule has 1 aliphatic rings. The topological polar surface area (TPSA) is 49.9 Å². The third kappa shape index (κ3) is 4.97. The van der Waals surface area contributed by atoms with Crippen LogP contribution in [-0.2, 0) is 21.4 Å². The van der Waals surface area contributed by atoms with E-state index in [9.17, 15) is 9.59 Å². The highest BCUT2D eigenvalue weighted by atomic mass is 16.6. The molecule has 1 aromatic carbocycles. The number of rotatable bonds is 3. The van der Waals surface area contributed by atoms with Crippen molar-refractivity contribution in [3.63, 3.8) is 0 Å². The van der Waals surface area contributed by atoms with Crippen LogP contribution in [0, 0.1) is 6.92 Å². The van der Waals surface area contributed by atoms with Crippen LogP contribution in [0.4, 0.5) is 4.79 Å². The van der Waals surface area contributed by atoms with E-state index in [0.717, 1.165) is 11.1 Å². The fourth-order valence-electron chi connectivity index (χ4n) is 2.99. The van der Waals surface area contributed by atoms with Crippen molar-refractivity contribution >= 4 is 12.0 Å². The number of hydrogen-bond acceptors (Lipinski definition) is 3. The first kappa shape index (κ1) is 19.3. The van der Waals surface area contributed by atoms with Gasteiger partial charge in [0.2, 0.25) is 5.91 Å². The summed E-state index contributed by atoms with van der Waals surface area (Å²) in [7, 11) is 0. The maximum Gasteiger partial charge on any atom is 0.409 e. The first-order valence-electron chi connectivity index (χ1n) is 9.02. The Morgan fingerprint density at radius 3 is 2.20 bits per heavy atom. The Morgan fingerprint density at radius 1 is 1.08 bits per heavy atom. The molecular weight excluding hydrogens is 316 g/mol. The van der Waals surface area contributed by atoms with Crippen molar-refractivity contribution in [3.05, 3.63) is 34.9 Å². The molecule has 0 aliphatic carbocycles. The Balaban J connectivity index is 1.94. The number of nitrogens with zero attached hydrogens (tertiary/aromatic N) is 2. The smallest absolute Gasteiger partial charge is 0.409 e. The zero-order valence-electron chi connectivity index (χ0n) is 16.1. The summed E-state index contributed by atoms with van der Waals surface area (Å²) in [6.45, 7) is 13.0. The summed E-state index contributed by atoms with van der Waals surface area (Å²) in [5.41, 5.74) is 3.62. The first-order chi connectivity index (χ1) is 11.7. The molecule has 0 N–H and O–H groups in total. The van der Waals surface area contributed by atoms with Crippen LogP contribution >= 0.6 is 0 Å². The van der Waals surface area contributed by atoms with Crippen molar-refractivity contribution in [2.24, 2.45) is 0 Å². The van der Waals surface area contributed by atoms with Gasteiger partial charge in [-0.2, -0.15) is 0 Å². The Hall–Kier alpha value is -2.04. The van der Waals surface area contributed by atoms with Crippen molar-refractivity contribution in [2.45, 2.75) is 46.5 Å². The summed E-state index contributed by atoms with van der Waals surface area (Å²) < 4.78 is 5.01. The highest BCUT2D eigenvalue weighted by Gasteiger charge is 2.25. The number of amides is 2. The minimum atomic E-state index is -0.289. The Kier molecular flexibility index (Phi) is 6.09. The third-order valence-corrected chi connectivity index (χ3v) is 4.71. The second kappa shape index (κ2) is 7.89. The van der Waals surface area contributed by atoms with Gasteiger partial charge < -0.3 is 14.5 Å². The van der Waals surface area contributed by atoms with E-state index in [2.05, 4.69) is 45.9 Å². The number of aryl methyl sites for hydroxylation is 1. The van der Waals surface area contributed by atoms with Gasteiger partial charge in [0.1, 0.15) is 0 Å². The van der Waals surface area contributed by atoms with Crippen LogP contribution in [0.1, 0.15) is 44.4 Å². The minimum Gasteiger partial charge on any atom is -0.450 e. The lowest BCUT2D eigenvalue weighted by atomic mass is 9.85. The normalized spacial score (nSPS) is 15.2. The van der Waals surface area contributed by atoms with E-state index in [-0.39, 0.29) is 17.4 Å². The first-order valence-corrected chi connectivity index (χ1v) is 9.02. The number of piperazine rings is 1. The van der Waals surface area contributed by atoms with E-state index in [4.69, 9.17) is 4.74 Å². The summed E-state index contributed by atoms with van der Waals surface area (Å²) in [4.78, 5) is 27.8. The zero-order valence-corrected chi connectivity index (χ0v) is 16.1. The fourth-order valence-corrected chi connectivity index (χ4v) is 2.99. The predicted octanol–water partition coefficient (Wildman–Crippen LogP) is 3.14. The molecule has 0 aromatic heterocycles. The molecule has 2 amide bonds.